The van der Waals surface area contributed by atoms with Crippen LogP contribution < -0.4 is 5.32 Å². The van der Waals surface area contributed by atoms with Gasteiger partial charge in [-0.1, -0.05) is 34.3 Å². The van der Waals surface area contributed by atoms with E-state index in [0.29, 0.717) is 10.9 Å². The Morgan fingerprint density at radius 2 is 2.36 bits per heavy atom. The van der Waals surface area contributed by atoms with Crippen LogP contribution >= 0.6 is 23.1 Å². The fourth-order valence-corrected chi connectivity index (χ4v) is 3.26. The van der Waals surface area contributed by atoms with Crippen LogP contribution in [-0.4, -0.2) is 26.2 Å². The van der Waals surface area contributed by atoms with Crippen molar-refractivity contribution in [3.05, 3.63) is 47.6 Å². The number of thioether (sulfide) groups is 1. The molecule has 0 fully saturated rings. The summed E-state index contributed by atoms with van der Waals surface area (Å²) in [5, 5.41) is 14.7. The SMILES string of the molecule is Cc1cc(C(=O)Nc2nnc(SCc3cccnc3)s2)no1. The third kappa shape index (κ3) is 3.68. The molecule has 3 aromatic rings. The Hall–Kier alpha value is -2.26. The fourth-order valence-electron chi connectivity index (χ4n) is 1.58. The van der Waals surface area contributed by atoms with Gasteiger partial charge in [-0.3, -0.25) is 15.1 Å². The van der Waals surface area contributed by atoms with Gasteiger partial charge < -0.3 is 4.52 Å². The minimum atomic E-state index is -0.364. The van der Waals surface area contributed by atoms with Crippen molar-refractivity contribution in [2.75, 3.05) is 5.32 Å². The van der Waals surface area contributed by atoms with Crippen molar-refractivity contribution < 1.29 is 9.32 Å². The van der Waals surface area contributed by atoms with E-state index < -0.39 is 0 Å². The molecule has 0 radical (unpaired) electrons. The van der Waals surface area contributed by atoms with Gasteiger partial charge in [0.15, 0.2) is 10.0 Å². The lowest BCUT2D eigenvalue weighted by Gasteiger charge is -1.96. The number of carbonyl (C=O) groups is 1. The van der Waals surface area contributed by atoms with Crippen molar-refractivity contribution in [2.45, 2.75) is 17.0 Å². The number of aryl methyl sites for hydroxylation is 1. The molecule has 0 bridgehead atoms. The van der Waals surface area contributed by atoms with Gasteiger partial charge in [-0.2, -0.15) is 0 Å². The molecule has 1 amide bonds. The zero-order valence-electron chi connectivity index (χ0n) is 11.5. The molecule has 0 aliphatic heterocycles. The first-order valence-electron chi connectivity index (χ1n) is 6.30. The summed E-state index contributed by atoms with van der Waals surface area (Å²) in [6, 6.07) is 5.45. The van der Waals surface area contributed by atoms with Crippen LogP contribution in [0.2, 0.25) is 0 Å². The first-order valence-corrected chi connectivity index (χ1v) is 8.11. The average molecular weight is 333 g/mol. The molecule has 3 heterocycles. The number of pyridine rings is 1. The molecular formula is C13H11N5O2S2. The summed E-state index contributed by atoms with van der Waals surface area (Å²) in [4.78, 5) is 16.0. The number of hydrogen-bond donors (Lipinski definition) is 1. The smallest absolute Gasteiger partial charge is 0.279 e. The standard InChI is InChI=1S/C13H11N5O2S2/c1-8-5-10(18-20-8)11(19)15-12-16-17-13(22-12)21-7-9-3-2-4-14-6-9/h2-6H,7H2,1H3,(H,15,16,19). The van der Waals surface area contributed by atoms with Crippen molar-refractivity contribution >= 4 is 34.1 Å². The first-order chi connectivity index (χ1) is 10.7. The van der Waals surface area contributed by atoms with Crippen molar-refractivity contribution in [3.8, 4) is 0 Å². The van der Waals surface area contributed by atoms with Crippen LogP contribution in [-0.2, 0) is 5.75 Å². The molecule has 3 aromatic heterocycles. The second-order valence-corrected chi connectivity index (χ2v) is 6.50. The minimum Gasteiger partial charge on any atom is -0.361 e. The summed E-state index contributed by atoms with van der Waals surface area (Å²) in [7, 11) is 0. The van der Waals surface area contributed by atoms with E-state index in [4.69, 9.17) is 4.52 Å². The lowest BCUT2D eigenvalue weighted by Crippen LogP contribution is -2.11. The van der Waals surface area contributed by atoms with Gasteiger partial charge in [-0.25, -0.2) is 0 Å². The van der Waals surface area contributed by atoms with Crippen molar-refractivity contribution in [1.82, 2.24) is 20.3 Å². The predicted molar refractivity (Wildman–Crippen MR) is 82.9 cm³/mol. The third-order valence-electron chi connectivity index (χ3n) is 2.57. The highest BCUT2D eigenvalue weighted by atomic mass is 32.2. The predicted octanol–water partition coefficient (Wildman–Crippen LogP) is 2.77. The zero-order valence-corrected chi connectivity index (χ0v) is 13.1. The van der Waals surface area contributed by atoms with E-state index in [1.165, 1.54) is 11.3 Å². The average Bonchev–Trinajstić information content (AvgIpc) is 3.15. The molecule has 0 saturated heterocycles. The highest BCUT2D eigenvalue weighted by Crippen LogP contribution is 2.28. The van der Waals surface area contributed by atoms with E-state index in [-0.39, 0.29) is 11.6 Å². The van der Waals surface area contributed by atoms with Gasteiger partial charge in [-0.15, -0.1) is 10.2 Å². The number of nitrogens with one attached hydrogen (secondary N) is 1. The van der Waals surface area contributed by atoms with Crippen molar-refractivity contribution in [2.24, 2.45) is 0 Å². The van der Waals surface area contributed by atoms with Crippen LogP contribution in [0.15, 0.2) is 39.5 Å². The normalized spacial score (nSPS) is 10.6. The van der Waals surface area contributed by atoms with E-state index in [1.807, 2.05) is 18.3 Å². The van der Waals surface area contributed by atoms with Gasteiger partial charge in [0.2, 0.25) is 5.13 Å². The van der Waals surface area contributed by atoms with Gasteiger partial charge in [0.25, 0.3) is 5.91 Å². The van der Waals surface area contributed by atoms with Crippen LogP contribution in [0.4, 0.5) is 5.13 Å². The van der Waals surface area contributed by atoms with E-state index in [9.17, 15) is 4.79 Å². The molecule has 112 valence electrons. The van der Waals surface area contributed by atoms with Gasteiger partial charge in [0.1, 0.15) is 5.76 Å². The molecule has 0 aromatic carbocycles. The minimum absolute atomic E-state index is 0.220. The number of rotatable bonds is 5. The number of nitrogens with zero attached hydrogens (tertiary/aromatic N) is 4. The van der Waals surface area contributed by atoms with Crippen LogP contribution in [0.1, 0.15) is 21.8 Å². The summed E-state index contributed by atoms with van der Waals surface area (Å²) in [5.74, 6) is 0.964. The zero-order chi connectivity index (χ0) is 15.4. The van der Waals surface area contributed by atoms with E-state index in [1.54, 1.807) is 30.9 Å². The molecule has 0 aliphatic carbocycles. The van der Waals surface area contributed by atoms with Gasteiger partial charge >= 0.3 is 0 Å². The number of anilines is 1. The highest BCUT2D eigenvalue weighted by Gasteiger charge is 2.14. The molecule has 0 unspecified atom stereocenters. The maximum absolute atomic E-state index is 11.9. The Kier molecular flexibility index (Phi) is 4.45. The highest BCUT2D eigenvalue weighted by molar-refractivity contribution is 8.00. The Balaban J connectivity index is 1.58. The maximum Gasteiger partial charge on any atom is 0.279 e. The molecule has 0 saturated carbocycles. The largest absolute Gasteiger partial charge is 0.361 e. The summed E-state index contributed by atoms with van der Waals surface area (Å²) < 4.78 is 5.64. The number of aromatic nitrogens is 4. The van der Waals surface area contributed by atoms with E-state index >= 15 is 0 Å². The molecule has 3 rings (SSSR count). The Morgan fingerprint density at radius 3 is 3.09 bits per heavy atom. The Bertz CT molecular complexity index is 772. The fraction of sp³-hybridized carbons (Fsp3) is 0.154. The van der Waals surface area contributed by atoms with E-state index in [2.05, 4.69) is 25.7 Å². The van der Waals surface area contributed by atoms with Gasteiger partial charge in [0.05, 0.1) is 0 Å². The molecule has 9 heteroatoms. The molecular weight excluding hydrogens is 322 g/mol. The molecule has 0 atom stereocenters. The Morgan fingerprint density at radius 1 is 1.45 bits per heavy atom. The van der Waals surface area contributed by atoms with Crippen LogP contribution in [0.5, 0.6) is 0 Å². The quantitative estimate of drug-likeness (QED) is 0.566. The van der Waals surface area contributed by atoms with Gasteiger partial charge in [-0.05, 0) is 18.6 Å². The third-order valence-corrected chi connectivity index (χ3v) is 4.62. The van der Waals surface area contributed by atoms with E-state index in [0.717, 1.165) is 15.7 Å². The first kappa shape index (κ1) is 14.7. The van der Waals surface area contributed by atoms with Crippen molar-refractivity contribution in [3.63, 3.8) is 0 Å². The lowest BCUT2D eigenvalue weighted by atomic mass is 10.3. The molecule has 0 spiro atoms. The second-order valence-electron chi connectivity index (χ2n) is 4.30. The molecule has 22 heavy (non-hydrogen) atoms. The number of hydrogen-bond acceptors (Lipinski definition) is 8. The number of amides is 1. The molecule has 7 nitrogen and oxygen atoms in total. The van der Waals surface area contributed by atoms with Crippen molar-refractivity contribution in [1.29, 1.82) is 0 Å². The molecule has 1 N–H and O–H groups in total. The summed E-state index contributed by atoms with van der Waals surface area (Å²) in [5.41, 5.74) is 1.32. The monoisotopic (exact) mass is 333 g/mol. The van der Waals surface area contributed by atoms with Crippen LogP contribution in [0.25, 0.3) is 0 Å². The molecule has 0 aliphatic rings. The van der Waals surface area contributed by atoms with Crippen LogP contribution in [0, 0.1) is 6.92 Å². The summed E-state index contributed by atoms with van der Waals surface area (Å²) in [6.45, 7) is 1.72. The summed E-state index contributed by atoms with van der Waals surface area (Å²) in [6.07, 6.45) is 3.54. The van der Waals surface area contributed by atoms with Gasteiger partial charge in [0, 0.05) is 24.2 Å². The maximum atomic E-state index is 11.9. The number of carbonyl (C=O) groups excluding carboxylic acids is 1. The Labute approximate surface area is 134 Å². The lowest BCUT2D eigenvalue weighted by molar-refractivity contribution is 0.101. The van der Waals surface area contributed by atoms with Crippen LogP contribution in [0.3, 0.4) is 0 Å². The summed E-state index contributed by atoms with van der Waals surface area (Å²) >= 11 is 2.85. The topological polar surface area (TPSA) is 93.8 Å². The second kappa shape index (κ2) is 6.67.